The highest BCUT2D eigenvalue weighted by atomic mass is 79.9. The highest BCUT2D eigenvalue weighted by Crippen LogP contribution is 2.25. The second-order valence-electron chi connectivity index (χ2n) is 4.76. The van der Waals surface area contributed by atoms with Crippen molar-refractivity contribution in [3.63, 3.8) is 0 Å². The van der Waals surface area contributed by atoms with Crippen molar-refractivity contribution in [3.05, 3.63) is 28.5 Å². The van der Waals surface area contributed by atoms with Gasteiger partial charge in [0.15, 0.2) is 18.2 Å². The van der Waals surface area contributed by atoms with Crippen LogP contribution in [0.3, 0.4) is 0 Å². The van der Waals surface area contributed by atoms with Crippen molar-refractivity contribution in [2.75, 3.05) is 19.8 Å². The van der Waals surface area contributed by atoms with E-state index in [1.807, 2.05) is 0 Å². The van der Waals surface area contributed by atoms with Crippen molar-refractivity contribution in [1.82, 2.24) is 4.90 Å². The summed E-state index contributed by atoms with van der Waals surface area (Å²) in [5.74, 6) is -0.672. The molecule has 0 heterocycles. The molecule has 1 aliphatic rings. The van der Waals surface area contributed by atoms with Crippen LogP contribution in [0.25, 0.3) is 0 Å². The lowest BCUT2D eigenvalue weighted by Crippen LogP contribution is -2.47. The molecule has 1 saturated carbocycles. The lowest BCUT2D eigenvalue weighted by Gasteiger charge is -2.37. The van der Waals surface area contributed by atoms with E-state index in [0.29, 0.717) is 11.0 Å². The summed E-state index contributed by atoms with van der Waals surface area (Å²) >= 11 is 3.16. The molecular weight excluding hydrogens is 329 g/mol. The summed E-state index contributed by atoms with van der Waals surface area (Å²) in [6.45, 7) is 0.0135. The van der Waals surface area contributed by atoms with Gasteiger partial charge in [-0.15, -0.1) is 0 Å². The second kappa shape index (κ2) is 7.04. The van der Waals surface area contributed by atoms with Gasteiger partial charge in [0.25, 0.3) is 5.91 Å². The molecule has 110 valence electrons. The summed E-state index contributed by atoms with van der Waals surface area (Å²) in [6, 6.07) is 4.61. The fourth-order valence-corrected chi connectivity index (χ4v) is 2.46. The van der Waals surface area contributed by atoms with Crippen LogP contribution in [0, 0.1) is 5.82 Å². The number of aliphatic hydroxyl groups is 1. The first kappa shape index (κ1) is 15.3. The first-order valence-corrected chi connectivity index (χ1v) is 7.39. The Kier molecular flexibility index (Phi) is 5.37. The molecule has 1 amide bonds. The molecule has 0 aliphatic heterocycles. The monoisotopic (exact) mass is 345 g/mol. The topological polar surface area (TPSA) is 49.8 Å². The van der Waals surface area contributed by atoms with Crippen LogP contribution < -0.4 is 4.74 Å². The smallest absolute Gasteiger partial charge is 0.260 e. The number of benzene rings is 1. The fourth-order valence-electron chi connectivity index (χ4n) is 2.13. The number of carbonyl (C=O) groups is 1. The molecular formula is C14H17BrFNO3. The van der Waals surface area contributed by atoms with E-state index in [1.54, 1.807) is 11.0 Å². The summed E-state index contributed by atoms with van der Waals surface area (Å²) in [5, 5.41) is 9.01. The average Bonchev–Trinajstić information content (AvgIpc) is 2.34. The van der Waals surface area contributed by atoms with Gasteiger partial charge < -0.3 is 14.7 Å². The summed E-state index contributed by atoms with van der Waals surface area (Å²) in [7, 11) is 0. The van der Waals surface area contributed by atoms with E-state index < -0.39 is 5.82 Å². The lowest BCUT2D eigenvalue weighted by molar-refractivity contribution is -0.138. The summed E-state index contributed by atoms with van der Waals surface area (Å²) in [4.78, 5) is 13.7. The molecule has 4 nitrogen and oxygen atoms in total. The van der Waals surface area contributed by atoms with Crippen LogP contribution in [0.1, 0.15) is 19.3 Å². The minimum absolute atomic E-state index is 0.0547. The van der Waals surface area contributed by atoms with Crippen LogP contribution in [0.4, 0.5) is 4.39 Å². The Balaban J connectivity index is 1.92. The normalized spacial score (nSPS) is 14.8. The zero-order valence-corrected chi connectivity index (χ0v) is 12.6. The number of nitrogens with zero attached hydrogens (tertiary/aromatic N) is 1. The standard InChI is InChI=1S/C14H17BrFNO3/c15-10-4-5-13(12(16)8-10)20-9-14(19)17(6-7-18)11-2-1-3-11/h4-5,8,11,18H,1-3,6-7,9H2. The Labute approximate surface area is 125 Å². The van der Waals surface area contributed by atoms with Gasteiger partial charge in [-0.3, -0.25) is 4.79 Å². The van der Waals surface area contributed by atoms with Gasteiger partial charge in [-0.25, -0.2) is 4.39 Å². The first-order chi connectivity index (χ1) is 9.61. The van der Waals surface area contributed by atoms with Crippen LogP contribution in [0.15, 0.2) is 22.7 Å². The molecule has 0 unspecified atom stereocenters. The third-order valence-corrected chi connectivity index (χ3v) is 3.92. The molecule has 1 N–H and O–H groups in total. The van der Waals surface area contributed by atoms with Crippen molar-refractivity contribution < 1.29 is 19.0 Å². The second-order valence-corrected chi connectivity index (χ2v) is 5.67. The molecule has 1 aromatic rings. The van der Waals surface area contributed by atoms with E-state index in [-0.39, 0.29) is 30.9 Å². The third kappa shape index (κ3) is 3.70. The number of amides is 1. The quantitative estimate of drug-likeness (QED) is 0.860. The van der Waals surface area contributed by atoms with Crippen molar-refractivity contribution in [2.45, 2.75) is 25.3 Å². The molecule has 0 bridgehead atoms. The van der Waals surface area contributed by atoms with Crippen LogP contribution in [-0.4, -0.2) is 41.7 Å². The van der Waals surface area contributed by atoms with Gasteiger partial charge in [0.2, 0.25) is 0 Å². The minimum atomic E-state index is -0.510. The molecule has 1 fully saturated rings. The predicted molar refractivity (Wildman–Crippen MR) is 76.0 cm³/mol. The van der Waals surface area contributed by atoms with E-state index in [4.69, 9.17) is 9.84 Å². The van der Waals surface area contributed by atoms with Crippen molar-refractivity contribution >= 4 is 21.8 Å². The van der Waals surface area contributed by atoms with Gasteiger partial charge in [-0.05, 0) is 37.5 Å². The molecule has 20 heavy (non-hydrogen) atoms. The van der Waals surface area contributed by atoms with E-state index in [1.165, 1.54) is 12.1 Å². The van der Waals surface area contributed by atoms with Crippen LogP contribution in [0.2, 0.25) is 0 Å². The SMILES string of the molecule is O=C(COc1ccc(Br)cc1F)N(CCO)C1CCC1. The van der Waals surface area contributed by atoms with Crippen molar-refractivity contribution in [3.8, 4) is 5.75 Å². The van der Waals surface area contributed by atoms with Crippen molar-refractivity contribution in [2.24, 2.45) is 0 Å². The number of hydrogen-bond donors (Lipinski definition) is 1. The van der Waals surface area contributed by atoms with Gasteiger partial charge in [0.05, 0.1) is 6.61 Å². The Bertz CT molecular complexity index is 479. The maximum Gasteiger partial charge on any atom is 0.260 e. The molecule has 0 aromatic heterocycles. The fraction of sp³-hybridized carbons (Fsp3) is 0.500. The van der Waals surface area contributed by atoms with Crippen LogP contribution in [-0.2, 0) is 4.79 Å². The molecule has 1 aliphatic carbocycles. The molecule has 0 atom stereocenters. The first-order valence-electron chi connectivity index (χ1n) is 6.60. The van der Waals surface area contributed by atoms with E-state index in [0.717, 1.165) is 19.3 Å². The molecule has 0 spiro atoms. The Morgan fingerprint density at radius 3 is 2.80 bits per heavy atom. The third-order valence-electron chi connectivity index (χ3n) is 3.42. The zero-order valence-electron chi connectivity index (χ0n) is 11.0. The number of halogens is 2. The van der Waals surface area contributed by atoms with Crippen LogP contribution >= 0.6 is 15.9 Å². The highest BCUT2D eigenvalue weighted by Gasteiger charge is 2.28. The van der Waals surface area contributed by atoms with Gasteiger partial charge >= 0.3 is 0 Å². The molecule has 0 saturated heterocycles. The number of aliphatic hydroxyl groups excluding tert-OH is 1. The average molecular weight is 346 g/mol. The Morgan fingerprint density at radius 2 is 2.25 bits per heavy atom. The van der Waals surface area contributed by atoms with Gasteiger partial charge in [-0.1, -0.05) is 15.9 Å². The van der Waals surface area contributed by atoms with Gasteiger partial charge in [-0.2, -0.15) is 0 Å². The lowest BCUT2D eigenvalue weighted by atomic mass is 9.91. The summed E-state index contributed by atoms with van der Waals surface area (Å²) in [5.41, 5.74) is 0. The number of rotatable bonds is 6. The Morgan fingerprint density at radius 1 is 1.50 bits per heavy atom. The van der Waals surface area contributed by atoms with E-state index in [2.05, 4.69) is 15.9 Å². The minimum Gasteiger partial charge on any atom is -0.481 e. The van der Waals surface area contributed by atoms with Crippen molar-refractivity contribution in [1.29, 1.82) is 0 Å². The number of ether oxygens (including phenoxy) is 1. The van der Waals surface area contributed by atoms with Gasteiger partial charge in [0.1, 0.15) is 0 Å². The largest absolute Gasteiger partial charge is 0.481 e. The molecule has 2 rings (SSSR count). The maximum atomic E-state index is 13.6. The Hall–Kier alpha value is -1.14. The summed E-state index contributed by atoms with van der Waals surface area (Å²) < 4.78 is 19.4. The zero-order chi connectivity index (χ0) is 14.5. The van der Waals surface area contributed by atoms with E-state index in [9.17, 15) is 9.18 Å². The molecule has 0 radical (unpaired) electrons. The van der Waals surface area contributed by atoms with Crippen LogP contribution in [0.5, 0.6) is 5.75 Å². The maximum absolute atomic E-state index is 13.6. The van der Waals surface area contributed by atoms with E-state index >= 15 is 0 Å². The highest BCUT2D eigenvalue weighted by molar-refractivity contribution is 9.10. The van der Waals surface area contributed by atoms with Gasteiger partial charge in [0, 0.05) is 17.1 Å². The summed E-state index contributed by atoms with van der Waals surface area (Å²) in [6.07, 6.45) is 3.01. The predicted octanol–water partition coefficient (Wildman–Crippen LogP) is 2.34. The number of hydrogen-bond acceptors (Lipinski definition) is 3. The molecule has 6 heteroatoms. The number of carbonyl (C=O) groups excluding carboxylic acids is 1. The molecule has 1 aromatic carbocycles.